The van der Waals surface area contributed by atoms with E-state index in [0.717, 1.165) is 3.59 Å². The molecule has 181 valence electrons. The van der Waals surface area contributed by atoms with Crippen LogP contribution < -0.4 is 0 Å². The van der Waals surface area contributed by atoms with Crippen molar-refractivity contribution in [3.05, 3.63) is 79.9 Å². The average Bonchev–Trinajstić information content (AvgIpc) is 3.28. The van der Waals surface area contributed by atoms with E-state index < -0.39 is 24.3 Å². The molecule has 0 aromatic heterocycles. The molecule has 0 fully saturated rings. The van der Waals surface area contributed by atoms with E-state index in [2.05, 4.69) is 105 Å². The first-order chi connectivity index (χ1) is 16.0. The van der Waals surface area contributed by atoms with Crippen LogP contribution in [0.25, 0.3) is 12.2 Å². The summed E-state index contributed by atoms with van der Waals surface area (Å²) in [5, 5.41) is 0. The van der Waals surface area contributed by atoms with Crippen LogP contribution in [0.3, 0.4) is 0 Å². The summed E-state index contributed by atoms with van der Waals surface area (Å²) >= 11 is 4.20. The molecule has 0 amide bonds. The third-order valence-electron chi connectivity index (χ3n) is 8.74. The van der Waals surface area contributed by atoms with Crippen LogP contribution in [0.5, 0.6) is 0 Å². The number of alkyl halides is 1. The molecule has 0 aliphatic heterocycles. The van der Waals surface area contributed by atoms with Gasteiger partial charge in [0.25, 0.3) is 0 Å². The van der Waals surface area contributed by atoms with Gasteiger partial charge in [-0.15, -0.1) is 0 Å². The summed E-state index contributed by atoms with van der Waals surface area (Å²) in [7, 11) is 0. The third kappa shape index (κ3) is 3.86. The van der Waals surface area contributed by atoms with Gasteiger partial charge in [-0.1, -0.05) is 0 Å². The van der Waals surface area contributed by atoms with E-state index in [4.69, 9.17) is 11.6 Å². The Hall–Kier alpha value is -0.690. The first-order valence-electron chi connectivity index (χ1n) is 13.0. The van der Waals surface area contributed by atoms with Crippen molar-refractivity contribution in [2.75, 3.05) is 3.59 Å². The number of allylic oxidation sites excluding steroid dienone is 2. The molecular weight excluding hydrogens is 527 g/mol. The van der Waals surface area contributed by atoms with Crippen molar-refractivity contribution < 1.29 is 18.9 Å². The van der Waals surface area contributed by atoms with Crippen molar-refractivity contribution in [3.63, 3.8) is 0 Å². The Balaban J connectivity index is 2.07. The predicted molar refractivity (Wildman–Crippen MR) is 152 cm³/mol. The minimum atomic E-state index is -3.11. The van der Waals surface area contributed by atoms with Gasteiger partial charge in [0.1, 0.15) is 0 Å². The van der Waals surface area contributed by atoms with Crippen LogP contribution >= 0.6 is 11.6 Å². The first kappa shape index (κ1) is 26.4. The molecule has 34 heavy (non-hydrogen) atoms. The molecule has 2 unspecified atom stereocenters. The summed E-state index contributed by atoms with van der Waals surface area (Å²) in [6.07, 6.45) is 5.11. The van der Waals surface area contributed by atoms with Crippen LogP contribution in [0, 0.1) is 13.8 Å². The second-order valence-corrected chi connectivity index (χ2v) is 36.8. The normalized spacial score (nSPS) is 20.9. The molecule has 3 heteroatoms. The van der Waals surface area contributed by atoms with E-state index in [-0.39, 0.29) is 0 Å². The number of benzene rings is 2. The van der Waals surface area contributed by atoms with E-state index in [9.17, 15) is 0 Å². The molecule has 2 aromatic carbocycles. The van der Waals surface area contributed by atoms with E-state index >= 15 is 0 Å². The van der Waals surface area contributed by atoms with Crippen molar-refractivity contribution >= 4 is 29.2 Å². The topological polar surface area (TPSA) is 0 Å². The summed E-state index contributed by atoms with van der Waals surface area (Å²) in [6.45, 7) is 24.1. The van der Waals surface area contributed by atoms with E-state index in [1.165, 1.54) is 33.4 Å². The second kappa shape index (κ2) is 9.64. The van der Waals surface area contributed by atoms with Crippen LogP contribution in [0.2, 0.25) is 13.1 Å². The zero-order valence-electron chi connectivity index (χ0n) is 22.9. The molecule has 0 N–H and O–H groups in total. The van der Waals surface area contributed by atoms with Crippen molar-refractivity contribution in [1.29, 1.82) is 0 Å². The molecular formula is C31H42ClSiZr. The predicted octanol–water partition coefficient (Wildman–Crippen LogP) is 9.77. The number of hydrogen-bond donors (Lipinski definition) is 0. The second-order valence-electron chi connectivity index (χ2n) is 11.7. The van der Waals surface area contributed by atoms with Gasteiger partial charge in [-0.05, 0) is 0 Å². The number of rotatable bonds is 5. The number of halogens is 1. The molecule has 0 saturated carbocycles. The van der Waals surface area contributed by atoms with Crippen molar-refractivity contribution in [2.24, 2.45) is 0 Å². The van der Waals surface area contributed by atoms with Gasteiger partial charge in [-0.2, -0.15) is 0 Å². The van der Waals surface area contributed by atoms with Gasteiger partial charge in [-0.3, -0.25) is 0 Å². The van der Waals surface area contributed by atoms with Crippen molar-refractivity contribution in [1.82, 2.24) is 0 Å². The number of fused-ring (bicyclic) bond motifs is 2. The summed E-state index contributed by atoms with van der Waals surface area (Å²) in [5.41, 5.74) is 14.9. The maximum atomic E-state index is 7.32. The van der Waals surface area contributed by atoms with Gasteiger partial charge in [0.05, 0.1) is 0 Å². The standard InChI is InChI=1S/2C14H17.C2H6Si.CH2Cl.Zr/c2*1-9(2)12-6-5-11(4)13-7-10(3)8-14(12)13;1-3-2;1-2;/h2*5-9H,1-4H3;1-2H3;1H2;. The fourth-order valence-corrected chi connectivity index (χ4v) is 40.3. The zero-order chi connectivity index (χ0) is 25.1. The van der Waals surface area contributed by atoms with Crippen molar-refractivity contribution in [3.8, 4) is 0 Å². The minimum absolute atomic E-state index is 0.537. The summed E-state index contributed by atoms with van der Waals surface area (Å²) in [5.74, 6) is 1.07. The summed E-state index contributed by atoms with van der Waals surface area (Å²) < 4.78 is 2.05. The van der Waals surface area contributed by atoms with E-state index in [0.29, 0.717) is 19.1 Å². The molecule has 0 saturated heterocycles. The van der Waals surface area contributed by atoms with E-state index in [1.807, 2.05) is 0 Å². The fraction of sp³-hybridized carbons (Fsp3) is 0.484. The van der Waals surface area contributed by atoms with Crippen LogP contribution in [0.4, 0.5) is 0 Å². The quantitative estimate of drug-likeness (QED) is 0.248. The molecule has 0 nitrogen and oxygen atoms in total. The first-order valence-corrected chi connectivity index (χ1v) is 24.3. The average molecular weight is 569 g/mol. The van der Waals surface area contributed by atoms with Gasteiger partial charge in [0, 0.05) is 0 Å². The molecule has 2 aliphatic rings. The molecule has 4 rings (SSSR count). The van der Waals surface area contributed by atoms with E-state index in [1.54, 1.807) is 22.3 Å². The Labute approximate surface area is 217 Å². The Morgan fingerprint density at radius 1 is 0.735 bits per heavy atom. The van der Waals surface area contributed by atoms with Crippen LogP contribution in [0.1, 0.15) is 105 Å². The van der Waals surface area contributed by atoms with Crippen molar-refractivity contribution in [2.45, 2.75) is 87.6 Å². The van der Waals surface area contributed by atoms with Crippen LogP contribution in [0.15, 0.2) is 35.4 Å². The Kier molecular flexibility index (Phi) is 7.48. The number of hydrogen-bond acceptors (Lipinski definition) is 0. The Morgan fingerprint density at radius 2 is 1.12 bits per heavy atom. The molecule has 2 atom stereocenters. The number of aryl methyl sites for hydroxylation is 2. The molecule has 2 aromatic rings. The molecule has 0 heterocycles. The van der Waals surface area contributed by atoms with Gasteiger partial charge >= 0.3 is 219 Å². The Morgan fingerprint density at radius 3 is 1.41 bits per heavy atom. The maximum absolute atomic E-state index is 7.32. The molecule has 2 aliphatic carbocycles. The monoisotopic (exact) mass is 567 g/mol. The SMILES string of the molecule is CC1=Cc2c(C(C)C)ccc(C)c2[CH]1[Zr]([CH2]Cl)([CH]1C(C)=Cc2c(C(C)C)ccc(C)c21)=[Si](C)C. The van der Waals surface area contributed by atoms with Gasteiger partial charge in [0.15, 0.2) is 0 Å². The molecule has 0 spiro atoms. The summed E-state index contributed by atoms with van der Waals surface area (Å²) in [6, 6.07) is 9.54. The molecule has 0 bridgehead atoms. The molecule has 0 radical (unpaired) electrons. The van der Waals surface area contributed by atoms with Crippen LogP contribution in [-0.4, -0.2) is 9.02 Å². The van der Waals surface area contributed by atoms with Crippen LogP contribution in [-0.2, 0) is 18.9 Å². The zero-order valence-corrected chi connectivity index (χ0v) is 27.1. The van der Waals surface area contributed by atoms with Gasteiger partial charge < -0.3 is 0 Å². The Bertz CT molecular complexity index is 1180. The summed E-state index contributed by atoms with van der Waals surface area (Å²) in [4.78, 5) is 0. The van der Waals surface area contributed by atoms with Gasteiger partial charge in [-0.25, -0.2) is 0 Å². The third-order valence-corrected chi connectivity index (χ3v) is 42.5. The van der Waals surface area contributed by atoms with Gasteiger partial charge in [0.2, 0.25) is 0 Å². The fourth-order valence-electron chi connectivity index (χ4n) is 7.06.